The molecule has 1 aromatic heterocycles. The van der Waals surface area contributed by atoms with Crippen molar-refractivity contribution in [2.24, 2.45) is 0 Å². The van der Waals surface area contributed by atoms with E-state index in [9.17, 15) is 4.39 Å². The summed E-state index contributed by atoms with van der Waals surface area (Å²) in [5.74, 6) is -0.358. The molecule has 0 atom stereocenters. The second-order valence-corrected chi connectivity index (χ2v) is 3.33. The first-order chi connectivity index (χ1) is 6.22. The van der Waals surface area contributed by atoms with Crippen LogP contribution in [0.25, 0.3) is 10.9 Å². The van der Waals surface area contributed by atoms with E-state index in [-0.39, 0.29) is 17.0 Å². The fourth-order valence-corrected chi connectivity index (χ4v) is 1.62. The van der Waals surface area contributed by atoms with Gasteiger partial charge in [-0.3, -0.25) is 0 Å². The van der Waals surface area contributed by atoms with Gasteiger partial charge in [-0.25, -0.2) is 4.39 Å². The van der Waals surface area contributed by atoms with Crippen molar-refractivity contribution in [3.8, 4) is 0 Å². The Hall–Kier alpha value is -1.06. The van der Waals surface area contributed by atoms with E-state index in [1.165, 1.54) is 6.07 Å². The molecule has 0 aliphatic heterocycles. The number of halogens is 2. The molecule has 1 aromatic carbocycles. The minimum atomic E-state index is -0.358. The highest BCUT2D eigenvalue weighted by Crippen LogP contribution is 2.23. The summed E-state index contributed by atoms with van der Waals surface area (Å²) in [6, 6.07) is 5.01. The van der Waals surface area contributed by atoms with Crippen LogP contribution in [0.2, 0.25) is 5.02 Å². The number of hydrogen-bond donors (Lipinski definition) is 1. The maximum absolute atomic E-state index is 13.0. The third-order valence-corrected chi connectivity index (χ3v) is 2.44. The lowest BCUT2D eigenvalue weighted by atomic mass is 10.2. The van der Waals surface area contributed by atoms with E-state index in [1.54, 1.807) is 6.07 Å². The zero-order valence-corrected chi connectivity index (χ0v) is 8.68. The molecule has 2 rings (SSSR count). The van der Waals surface area contributed by atoms with Crippen LogP contribution in [-0.2, 0) is 6.54 Å². The molecular weight excluding hydrogens is 203 g/mol. The molecule has 0 aliphatic carbocycles. The predicted molar refractivity (Wildman–Crippen MR) is 57.6 cm³/mol. The van der Waals surface area contributed by atoms with Crippen LogP contribution in [0.4, 0.5) is 4.39 Å². The Bertz CT molecular complexity index is 451. The minimum Gasteiger partial charge on any atom is -0.348 e. The van der Waals surface area contributed by atoms with Gasteiger partial charge in [-0.1, -0.05) is 11.6 Å². The Morgan fingerprint density at radius 2 is 2.14 bits per heavy atom. The zero-order chi connectivity index (χ0) is 9.42. The lowest BCUT2D eigenvalue weighted by Crippen LogP contribution is -1.90. The van der Waals surface area contributed by atoms with Gasteiger partial charge in [0.05, 0.1) is 5.02 Å². The average molecular weight is 215 g/mol. The third-order valence-electron chi connectivity index (χ3n) is 2.15. The third kappa shape index (κ3) is 1.61. The number of nitrogens with zero attached hydrogens (tertiary/aromatic N) is 1. The zero-order valence-electron chi connectivity index (χ0n) is 7.93. The van der Waals surface area contributed by atoms with Crippen LogP contribution in [0, 0.1) is 5.82 Å². The highest BCUT2D eigenvalue weighted by atomic mass is 35.5. The van der Waals surface area contributed by atoms with Crippen LogP contribution in [0.15, 0.2) is 24.4 Å². The molecule has 76 valence electrons. The van der Waals surface area contributed by atoms with Gasteiger partial charge in [0.25, 0.3) is 0 Å². The molecular formula is C10H12ClFN2. The largest absolute Gasteiger partial charge is 0.348 e. The van der Waals surface area contributed by atoms with Crippen molar-refractivity contribution in [3.63, 3.8) is 0 Å². The topological polar surface area (TPSA) is 39.9 Å². The lowest BCUT2D eigenvalue weighted by Gasteiger charge is -2.01. The predicted octanol–water partition coefficient (Wildman–Crippen LogP) is 3.62. The summed E-state index contributed by atoms with van der Waals surface area (Å²) in [6.07, 6.45) is 1.93. The molecule has 0 radical (unpaired) electrons. The molecule has 0 saturated heterocycles. The second-order valence-electron chi connectivity index (χ2n) is 2.93. The number of aromatic nitrogens is 1. The van der Waals surface area contributed by atoms with Gasteiger partial charge >= 0.3 is 0 Å². The fourth-order valence-electron chi connectivity index (χ4n) is 1.46. The summed E-state index contributed by atoms with van der Waals surface area (Å²) in [5.41, 5.74) is 0.980. The molecule has 0 aliphatic rings. The van der Waals surface area contributed by atoms with Crippen LogP contribution < -0.4 is 6.15 Å². The molecule has 14 heavy (non-hydrogen) atoms. The van der Waals surface area contributed by atoms with Crippen molar-refractivity contribution in [1.82, 2.24) is 10.7 Å². The standard InChI is InChI=1S/C10H9ClFN.H3N/c1-2-13-4-3-7-5-9(12)8(11)6-10(7)13;/h3-6H,2H2,1H3;1H3. The van der Waals surface area contributed by atoms with Crippen LogP contribution in [0.3, 0.4) is 0 Å². The molecule has 4 heteroatoms. The maximum atomic E-state index is 13.0. The number of benzene rings is 1. The van der Waals surface area contributed by atoms with E-state index in [4.69, 9.17) is 11.6 Å². The van der Waals surface area contributed by atoms with E-state index in [1.807, 2.05) is 23.8 Å². The van der Waals surface area contributed by atoms with Crippen molar-refractivity contribution < 1.29 is 4.39 Å². The normalized spacial score (nSPS) is 10.2. The smallest absolute Gasteiger partial charge is 0.142 e. The Kier molecular flexibility index (Phi) is 3.13. The van der Waals surface area contributed by atoms with Gasteiger partial charge in [-0.2, -0.15) is 0 Å². The fraction of sp³-hybridized carbons (Fsp3) is 0.200. The van der Waals surface area contributed by atoms with Gasteiger partial charge in [0.2, 0.25) is 0 Å². The highest BCUT2D eigenvalue weighted by Gasteiger charge is 2.04. The van der Waals surface area contributed by atoms with Crippen LogP contribution >= 0.6 is 11.6 Å². The monoisotopic (exact) mass is 214 g/mol. The molecule has 0 bridgehead atoms. The van der Waals surface area contributed by atoms with Gasteiger partial charge in [0.15, 0.2) is 0 Å². The summed E-state index contributed by atoms with van der Waals surface area (Å²) >= 11 is 5.69. The van der Waals surface area contributed by atoms with E-state index in [2.05, 4.69) is 0 Å². The summed E-state index contributed by atoms with van der Waals surface area (Å²) in [4.78, 5) is 0. The van der Waals surface area contributed by atoms with Crippen LogP contribution in [0.5, 0.6) is 0 Å². The Morgan fingerprint density at radius 1 is 1.43 bits per heavy atom. The van der Waals surface area contributed by atoms with E-state index in [0.29, 0.717) is 0 Å². The maximum Gasteiger partial charge on any atom is 0.142 e. The average Bonchev–Trinajstić information content (AvgIpc) is 2.48. The van der Waals surface area contributed by atoms with Gasteiger partial charge in [-0.15, -0.1) is 0 Å². The van der Waals surface area contributed by atoms with Crippen LogP contribution in [-0.4, -0.2) is 4.57 Å². The SMILES string of the molecule is CCn1ccc2cc(F)c(Cl)cc21.N. The number of rotatable bonds is 1. The molecule has 1 heterocycles. The number of aryl methyl sites for hydroxylation is 1. The van der Waals surface area contributed by atoms with Gasteiger partial charge < -0.3 is 10.7 Å². The van der Waals surface area contributed by atoms with Gasteiger partial charge in [0.1, 0.15) is 5.82 Å². The molecule has 2 aromatic rings. The van der Waals surface area contributed by atoms with E-state index >= 15 is 0 Å². The van der Waals surface area contributed by atoms with Crippen molar-refractivity contribution >= 4 is 22.5 Å². The Balaban J connectivity index is 0.000000980. The van der Waals surface area contributed by atoms with Crippen LogP contribution in [0.1, 0.15) is 6.92 Å². The molecule has 0 amide bonds. The molecule has 2 nitrogen and oxygen atoms in total. The lowest BCUT2D eigenvalue weighted by molar-refractivity contribution is 0.630. The van der Waals surface area contributed by atoms with E-state index in [0.717, 1.165) is 17.4 Å². The van der Waals surface area contributed by atoms with Crippen molar-refractivity contribution in [3.05, 3.63) is 35.2 Å². The molecule has 0 saturated carbocycles. The minimum absolute atomic E-state index is 0. The first kappa shape index (κ1) is 11.0. The van der Waals surface area contributed by atoms with Crippen molar-refractivity contribution in [2.45, 2.75) is 13.5 Å². The quantitative estimate of drug-likeness (QED) is 0.774. The van der Waals surface area contributed by atoms with Crippen molar-refractivity contribution in [1.29, 1.82) is 0 Å². The summed E-state index contributed by atoms with van der Waals surface area (Å²) in [6.45, 7) is 2.90. The molecule has 0 unspecified atom stereocenters. The molecule has 0 fully saturated rings. The Labute approximate surface area is 86.9 Å². The number of fused-ring (bicyclic) bond motifs is 1. The van der Waals surface area contributed by atoms with E-state index < -0.39 is 0 Å². The first-order valence-electron chi connectivity index (χ1n) is 4.16. The van der Waals surface area contributed by atoms with Gasteiger partial charge in [-0.05, 0) is 25.1 Å². The highest BCUT2D eigenvalue weighted by molar-refractivity contribution is 6.31. The van der Waals surface area contributed by atoms with Crippen molar-refractivity contribution in [2.75, 3.05) is 0 Å². The summed E-state index contributed by atoms with van der Waals surface area (Å²) in [7, 11) is 0. The molecule has 3 N–H and O–H groups in total. The first-order valence-corrected chi connectivity index (χ1v) is 4.54. The molecule has 0 spiro atoms. The van der Waals surface area contributed by atoms with Gasteiger partial charge in [0, 0.05) is 23.6 Å². The second kappa shape index (κ2) is 3.98. The Morgan fingerprint density at radius 3 is 2.79 bits per heavy atom. The summed E-state index contributed by atoms with van der Waals surface area (Å²) < 4.78 is 15.0. The summed E-state index contributed by atoms with van der Waals surface area (Å²) in [5, 5.41) is 1.07. The number of hydrogen-bond acceptors (Lipinski definition) is 1.